The summed E-state index contributed by atoms with van der Waals surface area (Å²) < 4.78 is 4.82. The molecule has 0 unspecified atom stereocenters. The number of hydrogen-bond acceptors (Lipinski definition) is 5. The molecule has 0 bridgehead atoms. The molecule has 98 valence electrons. The summed E-state index contributed by atoms with van der Waals surface area (Å²) in [7, 11) is 0. The fourth-order valence-corrected chi connectivity index (χ4v) is 3.18. The van der Waals surface area contributed by atoms with Gasteiger partial charge in [0.2, 0.25) is 0 Å². The van der Waals surface area contributed by atoms with Gasteiger partial charge in [-0.3, -0.25) is 4.79 Å². The summed E-state index contributed by atoms with van der Waals surface area (Å²) in [4.78, 5) is 23.7. The summed E-state index contributed by atoms with van der Waals surface area (Å²) in [6.45, 7) is 3.80. The first-order chi connectivity index (χ1) is 8.08. The summed E-state index contributed by atoms with van der Waals surface area (Å²) in [5.41, 5.74) is -0.910. The highest BCUT2D eigenvalue weighted by Gasteiger charge is 2.50. The topological polar surface area (TPSA) is 63.6 Å². The Bertz CT molecular complexity index is 284. The third kappa shape index (κ3) is 3.01. The van der Waals surface area contributed by atoms with Crippen molar-refractivity contribution in [3.05, 3.63) is 0 Å². The Morgan fingerprint density at radius 1 is 1.35 bits per heavy atom. The average molecular weight is 260 g/mol. The maximum absolute atomic E-state index is 12.1. The van der Waals surface area contributed by atoms with Crippen LogP contribution in [0.3, 0.4) is 0 Å². The molecule has 0 amide bonds. The number of aliphatic hydroxyl groups excluding tert-OH is 1. The van der Waals surface area contributed by atoms with Crippen LogP contribution in [-0.2, 0) is 14.3 Å². The molecular formula is C12H20O4S. The maximum Gasteiger partial charge on any atom is 0.336 e. The van der Waals surface area contributed by atoms with Crippen molar-refractivity contribution in [2.24, 2.45) is 5.41 Å². The predicted molar refractivity (Wildman–Crippen MR) is 66.7 cm³/mol. The zero-order valence-electron chi connectivity index (χ0n) is 10.4. The number of hydrogen-bond donors (Lipinski definition) is 1. The molecule has 1 saturated carbocycles. The lowest BCUT2D eigenvalue weighted by atomic mass is 9.81. The Hall–Kier alpha value is -0.550. The van der Waals surface area contributed by atoms with Gasteiger partial charge in [0.15, 0.2) is 11.2 Å². The van der Waals surface area contributed by atoms with E-state index in [0.29, 0.717) is 18.6 Å². The molecule has 1 fully saturated rings. The van der Waals surface area contributed by atoms with E-state index < -0.39 is 17.5 Å². The van der Waals surface area contributed by atoms with E-state index in [0.717, 1.165) is 12.8 Å². The van der Waals surface area contributed by atoms with Gasteiger partial charge in [0.05, 0.1) is 12.0 Å². The van der Waals surface area contributed by atoms with Gasteiger partial charge in [-0.1, -0.05) is 31.5 Å². The minimum atomic E-state index is -1.31. The summed E-state index contributed by atoms with van der Waals surface area (Å²) >= 11 is 1.18. The van der Waals surface area contributed by atoms with Gasteiger partial charge in [-0.05, 0) is 25.5 Å². The standard InChI is InChI=1S/C12H20O4S/c1-3-16-10(14)9(13)12(7-5-6-8-12)11(15)17-4-2/h9,13H,3-8H2,1-2H3/t9-/m0/s1. The SMILES string of the molecule is CCOC(=O)[C@H](O)C1(C(=O)SCC)CCCC1. The molecule has 17 heavy (non-hydrogen) atoms. The largest absolute Gasteiger partial charge is 0.464 e. The summed E-state index contributed by atoms with van der Waals surface area (Å²) in [5, 5.41) is 10.0. The first-order valence-corrected chi connectivity index (χ1v) is 7.09. The first-order valence-electron chi connectivity index (χ1n) is 6.10. The second kappa shape index (κ2) is 6.40. The predicted octanol–water partition coefficient (Wildman–Crippen LogP) is 1.75. The summed E-state index contributed by atoms with van der Waals surface area (Å²) in [5.74, 6) is -0.00435. The molecule has 0 aromatic heterocycles. The third-order valence-corrected chi connectivity index (χ3v) is 4.17. The molecule has 0 aromatic rings. The maximum atomic E-state index is 12.1. The Kier molecular flexibility index (Phi) is 5.46. The molecule has 1 aliphatic carbocycles. The second-order valence-corrected chi connectivity index (χ2v) is 5.48. The Morgan fingerprint density at radius 2 is 1.94 bits per heavy atom. The molecule has 1 aliphatic rings. The average Bonchev–Trinajstić information content (AvgIpc) is 2.79. The van der Waals surface area contributed by atoms with Crippen molar-refractivity contribution in [3.63, 3.8) is 0 Å². The highest BCUT2D eigenvalue weighted by Crippen LogP contribution is 2.45. The van der Waals surface area contributed by atoms with Gasteiger partial charge in [0.25, 0.3) is 0 Å². The molecule has 4 nitrogen and oxygen atoms in total. The number of thioether (sulfide) groups is 1. The van der Waals surface area contributed by atoms with Crippen LogP contribution in [0.5, 0.6) is 0 Å². The monoisotopic (exact) mass is 260 g/mol. The van der Waals surface area contributed by atoms with E-state index in [2.05, 4.69) is 0 Å². The van der Waals surface area contributed by atoms with Gasteiger partial charge in [0.1, 0.15) is 0 Å². The van der Waals surface area contributed by atoms with Crippen molar-refractivity contribution < 1.29 is 19.4 Å². The van der Waals surface area contributed by atoms with Crippen molar-refractivity contribution in [1.82, 2.24) is 0 Å². The lowest BCUT2D eigenvalue weighted by Gasteiger charge is -2.30. The number of carbonyl (C=O) groups is 2. The van der Waals surface area contributed by atoms with Crippen LogP contribution in [-0.4, -0.2) is 34.7 Å². The molecular weight excluding hydrogens is 240 g/mol. The van der Waals surface area contributed by atoms with Crippen molar-refractivity contribution in [2.75, 3.05) is 12.4 Å². The van der Waals surface area contributed by atoms with Crippen molar-refractivity contribution in [3.8, 4) is 0 Å². The zero-order chi connectivity index (χ0) is 12.9. The molecule has 0 aromatic carbocycles. The van der Waals surface area contributed by atoms with Crippen LogP contribution in [0, 0.1) is 5.41 Å². The molecule has 0 spiro atoms. The van der Waals surface area contributed by atoms with Crippen LogP contribution in [0.1, 0.15) is 39.5 Å². The number of carbonyl (C=O) groups excluding carboxylic acids is 2. The van der Waals surface area contributed by atoms with Gasteiger partial charge in [-0.25, -0.2) is 4.79 Å². The van der Waals surface area contributed by atoms with Gasteiger partial charge < -0.3 is 9.84 Å². The minimum Gasteiger partial charge on any atom is -0.464 e. The van der Waals surface area contributed by atoms with Gasteiger partial charge >= 0.3 is 5.97 Å². The first kappa shape index (κ1) is 14.5. The fourth-order valence-electron chi connectivity index (χ4n) is 2.32. The van der Waals surface area contributed by atoms with E-state index in [4.69, 9.17) is 4.74 Å². The number of rotatable bonds is 5. The molecule has 5 heteroatoms. The summed E-state index contributed by atoms with van der Waals surface area (Å²) in [6, 6.07) is 0. The molecule has 0 heterocycles. The van der Waals surface area contributed by atoms with E-state index in [1.165, 1.54) is 11.8 Å². The fraction of sp³-hybridized carbons (Fsp3) is 0.833. The van der Waals surface area contributed by atoms with E-state index in [1.807, 2.05) is 6.92 Å². The van der Waals surface area contributed by atoms with Crippen molar-refractivity contribution in [1.29, 1.82) is 0 Å². The van der Waals surface area contributed by atoms with Crippen LogP contribution < -0.4 is 0 Å². The summed E-state index contributed by atoms with van der Waals surface area (Å²) in [6.07, 6.45) is 1.62. The molecule has 0 aliphatic heterocycles. The van der Waals surface area contributed by atoms with Gasteiger partial charge in [-0.2, -0.15) is 0 Å². The number of esters is 1. The van der Waals surface area contributed by atoms with Crippen LogP contribution >= 0.6 is 11.8 Å². The van der Waals surface area contributed by atoms with Crippen LogP contribution in [0.15, 0.2) is 0 Å². The van der Waals surface area contributed by atoms with Gasteiger partial charge in [0, 0.05) is 0 Å². The van der Waals surface area contributed by atoms with Crippen molar-refractivity contribution in [2.45, 2.75) is 45.6 Å². The van der Waals surface area contributed by atoms with Crippen LogP contribution in [0.4, 0.5) is 0 Å². The molecule has 1 N–H and O–H groups in total. The second-order valence-electron chi connectivity index (χ2n) is 4.24. The lowest BCUT2D eigenvalue weighted by molar-refractivity contribution is -0.163. The van der Waals surface area contributed by atoms with Crippen LogP contribution in [0.2, 0.25) is 0 Å². The molecule has 1 atom stereocenters. The Labute approximate surface area is 106 Å². The Morgan fingerprint density at radius 3 is 2.41 bits per heavy atom. The van der Waals surface area contributed by atoms with Gasteiger partial charge in [-0.15, -0.1) is 0 Å². The normalized spacial score (nSPS) is 19.9. The van der Waals surface area contributed by atoms with E-state index in [-0.39, 0.29) is 11.7 Å². The molecule has 0 saturated heterocycles. The minimum absolute atomic E-state index is 0.0712. The van der Waals surface area contributed by atoms with E-state index >= 15 is 0 Å². The third-order valence-electron chi connectivity index (χ3n) is 3.21. The highest BCUT2D eigenvalue weighted by molar-refractivity contribution is 8.13. The molecule has 0 radical (unpaired) electrons. The quantitative estimate of drug-likeness (QED) is 0.763. The Balaban J connectivity index is 2.83. The van der Waals surface area contributed by atoms with E-state index in [9.17, 15) is 14.7 Å². The smallest absolute Gasteiger partial charge is 0.336 e. The highest BCUT2D eigenvalue weighted by atomic mass is 32.2. The lowest BCUT2D eigenvalue weighted by Crippen LogP contribution is -2.44. The van der Waals surface area contributed by atoms with Crippen molar-refractivity contribution >= 4 is 22.8 Å². The zero-order valence-corrected chi connectivity index (χ0v) is 11.2. The number of ether oxygens (including phenoxy) is 1. The number of aliphatic hydroxyl groups is 1. The van der Waals surface area contributed by atoms with E-state index in [1.54, 1.807) is 6.92 Å². The van der Waals surface area contributed by atoms with Crippen LogP contribution in [0.25, 0.3) is 0 Å². The molecule has 1 rings (SSSR count).